The lowest BCUT2D eigenvalue weighted by Gasteiger charge is -2.39. The number of allylic oxidation sites excluding steroid dienone is 1. The van der Waals surface area contributed by atoms with Crippen LogP contribution in [0.1, 0.15) is 15.9 Å². The summed E-state index contributed by atoms with van der Waals surface area (Å²) in [5.74, 6) is -1.94. The number of ketones is 2. The van der Waals surface area contributed by atoms with Gasteiger partial charge in [0.05, 0.1) is 6.61 Å². The minimum absolute atomic E-state index is 0.00570. The van der Waals surface area contributed by atoms with Crippen LogP contribution in [0.3, 0.4) is 0 Å². The monoisotopic (exact) mass is 352 g/mol. The molecule has 0 bridgehead atoms. The number of hydrogen-bond donors (Lipinski definition) is 5. The molecule has 1 fully saturated rings. The van der Waals surface area contributed by atoms with E-state index in [1.807, 2.05) is 0 Å². The number of aliphatic hydroxyl groups is 5. The molecular formula is C16H16O9. The predicted molar refractivity (Wildman–Crippen MR) is 80.8 cm³/mol. The maximum absolute atomic E-state index is 11.8. The number of fused-ring (bicyclic) bond motifs is 1. The van der Waals surface area contributed by atoms with Gasteiger partial charge in [0.15, 0.2) is 0 Å². The first-order chi connectivity index (χ1) is 11.8. The zero-order valence-corrected chi connectivity index (χ0v) is 12.8. The van der Waals surface area contributed by atoms with Crippen LogP contribution in [-0.2, 0) is 9.53 Å². The number of carbonyl (C=O) groups is 2. The minimum Gasteiger partial charge on any atom is -0.507 e. The van der Waals surface area contributed by atoms with E-state index in [9.17, 15) is 30.0 Å². The maximum atomic E-state index is 11.8. The van der Waals surface area contributed by atoms with Crippen LogP contribution in [0.2, 0.25) is 0 Å². The van der Waals surface area contributed by atoms with Crippen LogP contribution >= 0.6 is 0 Å². The van der Waals surface area contributed by atoms with Crippen LogP contribution in [0.4, 0.5) is 0 Å². The number of benzene rings is 1. The second-order valence-electron chi connectivity index (χ2n) is 5.75. The molecule has 25 heavy (non-hydrogen) atoms. The van der Waals surface area contributed by atoms with Crippen molar-refractivity contribution >= 4 is 17.3 Å². The van der Waals surface area contributed by atoms with Crippen LogP contribution in [0.15, 0.2) is 24.3 Å². The minimum atomic E-state index is -1.60. The molecule has 1 aromatic rings. The Labute approximate surface area is 141 Å². The zero-order chi connectivity index (χ0) is 18.3. The summed E-state index contributed by atoms with van der Waals surface area (Å²) in [6, 6.07) is 3.87. The second kappa shape index (κ2) is 6.54. The van der Waals surface area contributed by atoms with Gasteiger partial charge in [0.25, 0.3) is 0 Å². The summed E-state index contributed by atoms with van der Waals surface area (Å²) in [6.07, 6.45) is -6.45. The Morgan fingerprint density at radius 1 is 1.04 bits per heavy atom. The normalized spacial score (nSPS) is 32.2. The van der Waals surface area contributed by atoms with E-state index in [-0.39, 0.29) is 16.9 Å². The van der Waals surface area contributed by atoms with Crippen molar-refractivity contribution in [3.05, 3.63) is 35.4 Å². The van der Waals surface area contributed by atoms with Gasteiger partial charge in [-0.3, -0.25) is 9.59 Å². The number of aliphatic hydroxyl groups excluding tert-OH is 5. The predicted octanol–water partition coefficient (Wildman–Crippen LogP) is -1.47. The molecule has 0 amide bonds. The Kier molecular flexibility index (Phi) is 4.58. The van der Waals surface area contributed by atoms with Crippen molar-refractivity contribution in [2.75, 3.05) is 6.61 Å². The van der Waals surface area contributed by atoms with E-state index < -0.39 is 54.6 Å². The lowest BCUT2D eigenvalue weighted by Crippen LogP contribution is -2.60. The third-order valence-electron chi connectivity index (χ3n) is 4.10. The average molecular weight is 352 g/mol. The third-order valence-corrected chi connectivity index (χ3v) is 4.10. The Morgan fingerprint density at radius 2 is 1.76 bits per heavy atom. The summed E-state index contributed by atoms with van der Waals surface area (Å²) in [5, 5.41) is 48.4. The summed E-state index contributed by atoms with van der Waals surface area (Å²) in [7, 11) is 0. The van der Waals surface area contributed by atoms with Crippen LogP contribution < -0.4 is 4.74 Å². The maximum Gasteiger partial charge on any atom is 0.233 e. The summed E-state index contributed by atoms with van der Waals surface area (Å²) in [6.45, 7) is -0.602. The lowest BCUT2D eigenvalue weighted by atomic mass is 9.94. The molecule has 1 unspecified atom stereocenters. The molecule has 1 heterocycles. The van der Waals surface area contributed by atoms with Gasteiger partial charge in [0.1, 0.15) is 35.9 Å². The van der Waals surface area contributed by atoms with Crippen molar-refractivity contribution in [2.45, 2.75) is 30.7 Å². The molecule has 0 aromatic heterocycles. The summed E-state index contributed by atoms with van der Waals surface area (Å²) >= 11 is 0. The molecule has 9 nitrogen and oxygen atoms in total. The Balaban J connectivity index is 1.85. The number of rotatable bonds is 3. The molecule has 1 saturated heterocycles. The van der Waals surface area contributed by atoms with Gasteiger partial charge in [-0.2, -0.15) is 0 Å². The third kappa shape index (κ3) is 3.03. The first-order valence-electron chi connectivity index (χ1n) is 7.44. The first kappa shape index (κ1) is 17.5. The second-order valence-corrected chi connectivity index (χ2v) is 5.75. The highest BCUT2D eigenvalue weighted by molar-refractivity contribution is 6.50. The van der Waals surface area contributed by atoms with E-state index in [1.165, 1.54) is 18.2 Å². The van der Waals surface area contributed by atoms with Crippen LogP contribution in [-0.4, -0.2) is 74.4 Å². The SMILES string of the molecule is O=C1C=C(O)c2cc(OC3O[C@H](CO)[C@@H](O)[C@H](O)[C@H]3O)ccc2C1=O. The largest absolute Gasteiger partial charge is 0.507 e. The van der Waals surface area contributed by atoms with Crippen LogP contribution in [0.25, 0.3) is 5.76 Å². The van der Waals surface area contributed by atoms with Crippen molar-refractivity contribution in [1.29, 1.82) is 0 Å². The van der Waals surface area contributed by atoms with E-state index in [4.69, 9.17) is 14.6 Å². The van der Waals surface area contributed by atoms with Gasteiger partial charge in [-0.15, -0.1) is 0 Å². The van der Waals surface area contributed by atoms with Gasteiger partial charge in [-0.05, 0) is 18.2 Å². The topological polar surface area (TPSA) is 154 Å². The zero-order valence-electron chi connectivity index (χ0n) is 12.8. The molecule has 5 atom stereocenters. The molecular weight excluding hydrogens is 336 g/mol. The fourth-order valence-electron chi connectivity index (χ4n) is 2.71. The van der Waals surface area contributed by atoms with E-state index >= 15 is 0 Å². The summed E-state index contributed by atoms with van der Waals surface area (Å²) in [5.41, 5.74) is 0.0813. The molecule has 5 N–H and O–H groups in total. The van der Waals surface area contributed by atoms with E-state index in [0.717, 1.165) is 6.08 Å². The van der Waals surface area contributed by atoms with Gasteiger partial charge >= 0.3 is 0 Å². The smallest absolute Gasteiger partial charge is 0.233 e. The van der Waals surface area contributed by atoms with Gasteiger partial charge in [-0.25, -0.2) is 0 Å². The lowest BCUT2D eigenvalue weighted by molar-refractivity contribution is -0.277. The number of hydrogen-bond acceptors (Lipinski definition) is 9. The number of carbonyl (C=O) groups excluding carboxylic acids is 2. The van der Waals surface area contributed by atoms with Gasteiger partial charge < -0.3 is 35.0 Å². The molecule has 134 valence electrons. The molecule has 1 aliphatic carbocycles. The molecule has 3 rings (SSSR count). The van der Waals surface area contributed by atoms with Crippen LogP contribution in [0.5, 0.6) is 5.75 Å². The Bertz CT molecular complexity index is 739. The van der Waals surface area contributed by atoms with E-state index in [0.29, 0.717) is 0 Å². The average Bonchev–Trinajstić information content (AvgIpc) is 2.60. The molecule has 0 saturated carbocycles. The fraction of sp³-hybridized carbons (Fsp3) is 0.375. The van der Waals surface area contributed by atoms with Gasteiger partial charge in [0, 0.05) is 17.2 Å². The molecule has 1 aliphatic heterocycles. The van der Waals surface area contributed by atoms with Crippen molar-refractivity contribution in [3.8, 4) is 5.75 Å². The summed E-state index contributed by atoms with van der Waals surface area (Å²) in [4.78, 5) is 23.2. The Morgan fingerprint density at radius 3 is 2.44 bits per heavy atom. The van der Waals surface area contributed by atoms with Crippen molar-refractivity contribution < 1.29 is 44.6 Å². The first-order valence-corrected chi connectivity index (χ1v) is 7.44. The van der Waals surface area contributed by atoms with Crippen LogP contribution in [0, 0.1) is 0 Å². The molecule has 0 spiro atoms. The molecule has 0 radical (unpaired) electrons. The van der Waals surface area contributed by atoms with Crippen molar-refractivity contribution in [1.82, 2.24) is 0 Å². The van der Waals surface area contributed by atoms with E-state index in [1.54, 1.807) is 0 Å². The summed E-state index contributed by atoms with van der Waals surface area (Å²) < 4.78 is 10.6. The standard InChI is InChI=1S/C16H16O9/c17-5-11-13(21)14(22)15(23)16(25-11)24-6-1-2-7-8(3-6)9(18)4-10(19)12(7)20/h1-4,11,13-18,21-23H,5H2/t11-,13-,14+,15-,16?/m1/s1. The highest BCUT2D eigenvalue weighted by Crippen LogP contribution is 2.30. The molecule has 2 aliphatic rings. The Hall–Kier alpha value is -2.30. The number of ether oxygens (including phenoxy) is 2. The highest BCUT2D eigenvalue weighted by atomic mass is 16.7. The number of Topliss-reactive ketones (excluding diaryl/α,β-unsaturated/α-hetero) is 1. The van der Waals surface area contributed by atoms with Gasteiger partial charge in [0.2, 0.25) is 17.9 Å². The fourth-order valence-corrected chi connectivity index (χ4v) is 2.71. The van der Waals surface area contributed by atoms with Crippen molar-refractivity contribution in [3.63, 3.8) is 0 Å². The quantitative estimate of drug-likeness (QED) is 0.410. The highest BCUT2D eigenvalue weighted by Gasteiger charge is 2.44. The van der Waals surface area contributed by atoms with Gasteiger partial charge in [-0.1, -0.05) is 0 Å². The van der Waals surface area contributed by atoms with Crippen molar-refractivity contribution in [2.24, 2.45) is 0 Å². The van der Waals surface area contributed by atoms with E-state index in [2.05, 4.69) is 0 Å². The molecule has 1 aromatic carbocycles. The molecule has 9 heteroatoms.